The first kappa shape index (κ1) is 12.6. The van der Waals surface area contributed by atoms with Gasteiger partial charge in [-0.25, -0.2) is 9.97 Å². The van der Waals surface area contributed by atoms with Gasteiger partial charge in [0.15, 0.2) is 5.16 Å². The fourth-order valence-corrected chi connectivity index (χ4v) is 2.56. The first-order valence-electron chi connectivity index (χ1n) is 5.62. The van der Waals surface area contributed by atoms with Crippen LogP contribution in [-0.4, -0.2) is 9.97 Å². The summed E-state index contributed by atoms with van der Waals surface area (Å²) in [6.07, 6.45) is 0. The number of nitriles is 1. The summed E-state index contributed by atoms with van der Waals surface area (Å²) in [6, 6.07) is 12.0. The van der Waals surface area contributed by atoms with Crippen LogP contribution < -0.4 is 0 Å². The number of rotatable bonds is 3. The van der Waals surface area contributed by atoms with Crippen LogP contribution in [0, 0.1) is 25.2 Å². The third-order valence-electron chi connectivity index (χ3n) is 2.57. The number of hydrogen-bond acceptors (Lipinski definition) is 4. The Balaban J connectivity index is 2.14. The van der Waals surface area contributed by atoms with Crippen LogP contribution in [0.2, 0.25) is 0 Å². The molecule has 3 nitrogen and oxygen atoms in total. The molecule has 0 unspecified atom stereocenters. The van der Waals surface area contributed by atoms with Crippen LogP contribution in [0.5, 0.6) is 0 Å². The number of benzene rings is 1. The van der Waals surface area contributed by atoms with Crippen molar-refractivity contribution in [2.75, 3.05) is 0 Å². The minimum Gasteiger partial charge on any atom is -0.228 e. The summed E-state index contributed by atoms with van der Waals surface area (Å²) in [5.41, 5.74) is 3.79. The molecule has 0 radical (unpaired) electrons. The molecule has 0 aliphatic carbocycles. The lowest BCUT2D eigenvalue weighted by molar-refractivity contribution is 0.919. The number of aryl methyl sites for hydroxylation is 2. The molecule has 0 N–H and O–H groups in total. The molecule has 0 amide bonds. The lowest BCUT2D eigenvalue weighted by Gasteiger charge is -2.05. The molecular formula is C14H13N3S. The van der Waals surface area contributed by atoms with E-state index in [-0.39, 0.29) is 0 Å². The molecule has 1 aromatic carbocycles. The summed E-state index contributed by atoms with van der Waals surface area (Å²) < 4.78 is 0. The SMILES string of the molecule is Cc1cc(C#N)nc(SCc2ccccc2C)n1. The average molecular weight is 255 g/mol. The molecule has 1 heterocycles. The zero-order valence-corrected chi connectivity index (χ0v) is 11.2. The monoisotopic (exact) mass is 255 g/mol. The number of thioether (sulfide) groups is 1. The third-order valence-corrected chi connectivity index (χ3v) is 3.46. The second kappa shape index (κ2) is 5.65. The zero-order valence-electron chi connectivity index (χ0n) is 10.3. The van der Waals surface area contributed by atoms with Crippen molar-refractivity contribution in [1.29, 1.82) is 5.26 Å². The van der Waals surface area contributed by atoms with Crippen LogP contribution in [-0.2, 0) is 5.75 Å². The molecule has 2 rings (SSSR count). The minimum atomic E-state index is 0.426. The lowest BCUT2D eigenvalue weighted by Crippen LogP contribution is -1.94. The number of hydrogen-bond donors (Lipinski definition) is 0. The van der Waals surface area contributed by atoms with Gasteiger partial charge in [-0.05, 0) is 31.0 Å². The molecule has 0 spiro atoms. The molecule has 1 aromatic heterocycles. The van der Waals surface area contributed by atoms with Gasteiger partial charge >= 0.3 is 0 Å². The predicted molar refractivity (Wildman–Crippen MR) is 72.2 cm³/mol. The van der Waals surface area contributed by atoms with Gasteiger partial charge in [-0.3, -0.25) is 0 Å². The molecule has 90 valence electrons. The van der Waals surface area contributed by atoms with Crippen molar-refractivity contribution in [3.8, 4) is 6.07 Å². The smallest absolute Gasteiger partial charge is 0.189 e. The molecular weight excluding hydrogens is 242 g/mol. The first-order valence-corrected chi connectivity index (χ1v) is 6.60. The number of aromatic nitrogens is 2. The average Bonchev–Trinajstić information content (AvgIpc) is 2.37. The number of nitrogens with zero attached hydrogens (tertiary/aromatic N) is 3. The van der Waals surface area contributed by atoms with Gasteiger partial charge in [0, 0.05) is 11.4 Å². The topological polar surface area (TPSA) is 49.6 Å². The Morgan fingerprint density at radius 1 is 1.22 bits per heavy atom. The molecule has 0 fully saturated rings. The van der Waals surface area contributed by atoms with Crippen molar-refractivity contribution in [2.45, 2.75) is 24.8 Å². The standard InChI is InChI=1S/C14H13N3S/c1-10-5-3-4-6-12(10)9-18-14-16-11(2)7-13(8-15)17-14/h3-7H,9H2,1-2H3. The highest BCUT2D eigenvalue weighted by molar-refractivity contribution is 7.98. The van der Waals surface area contributed by atoms with Crippen LogP contribution in [0.3, 0.4) is 0 Å². The van der Waals surface area contributed by atoms with E-state index in [1.165, 1.54) is 11.1 Å². The summed E-state index contributed by atoms with van der Waals surface area (Å²) >= 11 is 1.56. The van der Waals surface area contributed by atoms with Gasteiger partial charge in [0.25, 0.3) is 0 Å². The molecule has 0 saturated heterocycles. The fourth-order valence-electron chi connectivity index (χ4n) is 1.58. The normalized spacial score (nSPS) is 10.1. The Hall–Kier alpha value is -1.86. The van der Waals surface area contributed by atoms with Crippen molar-refractivity contribution in [3.63, 3.8) is 0 Å². The maximum Gasteiger partial charge on any atom is 0.189 e. The summed E-state index contributed by atoms with van der Waals surface area (Å²) in [5, 5.41) is 9.53. The molecule has 0 aliphatic rings. The zero-order chi connectivity index (χ0) is 13.0. The Kier molecular flexibility index (Phi) is 3.96. The quantitative estimate of drug-likeness (QED) is 0.624. The van der Waals surface area contributed by atoms with Gasteiger partial charge < -0.3 is 0 Å². The molecule has 2 aromatic rings. The minimum absolute atomic E-state index is 0.426. The summed E-state index contributed by atoms with van der Waals surface area (Å²) in [6.45, 7) is 3.97. The Labute approximate surface area is 111 Å². The van der Waals surface area contributed by atoms with Crippen LogP contribution in [0.25, 0.3) is 0 Å². The Morgan fingerprint density at radius 3 is 2.72 bits per heavy atom. The van der Waals surface area contributed by atoms with E-state index in [2.05, 4.69) is 35.1 Å². The van der Waals surface area contributed by atoms with Crippen molar-refractivity contribution in [2.24, 2.45) is 0 Å². The lowest BCUT2D eigenvalue weighted by atomic mass is 10.1. The summed E-state index contributed by atoms with van der Waals surface area (Å²) in [4.78, 5) is 8.51. The van der Waals surface area contributed by atoms with Crippen molar-refractivity contribution in [1.82, 2.24) is 9.97 Å². The van der Waals surface area contributed by atoms with Gasteiger partial charge in [-0.2, -0.15) is 5.26 Å². The highest BCUT2D eigenvalue weighted by Crippen LogP contribution is 2.21. The highest BCUT2D eigenvalue weighted by Gasteiger charge is 2.04. The van der Waals surface area contributed by atoms with E-state index in [0.29, 0.717) is 10.9 Å². The summed E-state index contributed by atoms with van der Waals surface area (Å²) in [5.74, 6) is 0.820. The van der Waals surface area contributed by atoms with Gasteiger partial charge in [0.2, 0.25) is 0 Å². The predicted octanol–water partition coefficient (Wildman–Crippen LogP) is 3.26. The van der Waals surface area contributed by atoms with E-state index in [4.69, 9.17) is 5.26 Å². The van der Waals surface area contributed by atoms with Crippen molar-refractivity contribution < 1.29 is 0 Å². The third kappa shape index (κ3) is 3.08. The summed E-state index contributed by atoms with van der Waals surface area (Å²) in [7, 11) is 0. The molecule has 0 aliphatic heterocycles. The Morgan fingerprint density at radius 2 is 2.00 bits per heavy atom. The maximum atomic E-state index is 8.87. The molecule has 0 bridgehead atoms. The van der Waals surface area contributed by atoms with Crippen molar-refractivity contribution in [3.05, 3.63) is 52.8 Å². The molecule has 18 heavy (non-hydrogen) atoms. The molecule has 0 atom stereocenters. The fraction of sp³-hybridized carbons (Fsp3) is 0.214. The van der Waals surface area contributed by atoms with Gasteiger partial charge in [0.05, 0.1) is 0 Å². The van der Waals surface area contributed by atoms with E-state index >= 15 is 0 Å². The van der Waals surface area contributed by atoms with Gasteiger partial charge in [0.1, 0.15) is 11.8 Å². The van der Waals surface area contributed by atoms with Gasteiger partial charge in [-0.15, -0.1) is 0 Å². The van der Waals surface area contributed by atoms with E-state index < -0.39 is 0 Å². The van der Waals surface area contributed by atoms with E-state index in [1.807, 2.05) is 19.1 Å². The van der Waals surface area contributed by atoms with E-state index in [0.717, 1.165) is 11.4 Å². The van der Waals surface area contributed by atoms with Crippen LogP contribution in [0.4, 0.5) is 0 Å². The maximum absolute atomic E-state index is 8.87. The van der Waals surface area contributed by atoms with Crippen molar-refractivity contribution >= 4 is 11.8 Å². The largest absolute Gasteiger partial charge is 0.228 e. The van der Waals surface area contributed by atoms with E-state index in [1.54, 1.807) is 17.8 Å². The Bertz CT molecular complexity index is 602. The van der Waals surface area contributed by atoms with E-state index in [9.17, 15) is 0 Å². The van der Waals surface area contributed by atoms with Crippen LogP contribution in [0.15, 0.2) is 35.5 Å². The second-order valence-electron chi connectivity index (χ2n) is 4.00. The van der Waals surface area contributed by atoms with Crippen LogP contribution in [0.1, 0.15) is 22.5 Å². The molecule has 0 saturated carbocycles. The second-order valence-corrected chi connectivity index (χ2v) is 4.95. The first-order chi connectivity index (χ1) is 8.69. The van der Waals surface area contributed by atoms with Gasteiger partial charge in [-0.1, -0.05) is 36.0 Å². The molecule has 4 heteroatoms. The highest BCUT2D eigenvalue weighted by atomic mass is 32.2. The van der Waals surface area contributed by atoms with Crippen LogP contribution >= 0.6 is 11.8 Å².